The molecule has 0 saturated heterocycles. The molecule has 2 N–H and O–H groups in total. The summed E-state index contributed by atoms with van der Waals surface area (Å²) in [5.41, 5.74) is 6.45. The van der Waals surface area contributed by atoms with E-state index in [9.17, 15) is 8.42 Å². The fourth-order valence-electron chi connectivity index (χ4n) is 1.49. The van der Waals surface area contributed by atoms with Crippen molar-refractivity contribution in [3.63, 3.8) is 0 Å². The van der Waals surface area contributed by atoms with Gasteiger partial charge in [-0.1, -0.05) is 18.2 Å². The van der Waals surface area contributed by atoms with E-state index in [-0.39, 0.29) is 4.90 Å². The Morgan fingerprint density at radius 2 is 1.76 bits per heavy atom. The van der Waals surface area contributed by atoms with E-state index in [1.807, 2.05) is 0 Å². The van der Waals surface area contributed by atoms with Crippen LogP contribution in [0.3, 0.4) is 0 Å². The molecule has 1 aromatic carbocycles. The van der Waals surface area contributed by atoms with Crippen molar-refractivity contribution in [2.45, 2.75) is 4.90 Å². The van der Waals surface area contributed by atoms with E-state index in [2.05, 4.69) is 10.2 Å². The van der Waals surface area contributed by atoms with E-state index >= 15 is 0 Å². The molecule has 17 heavy (non-hydrogen) atoms. The van der Waals surface area contributed by atoms with Crippen LogP contribution in [0.4, 0.5) is 5.82 Å². The van der Waals surface area contributed by atoms with Crippen LogP contribution in [0.15, 0.2) is 41.3 Å². The minimum absolute atomic E-state index is 0.235. The minimum Gasteiger partial charge on any atom is -0.382 e. The van der Waals surface area contributed by atoms with Gasteiger partial charge in [-0.05, 0) is 18.2 Å². The zero-order valence-corrected chi connectivity index (χ0v) is 9.98. The maximum Gasteiger partial charge on any atom is 0.176 e. The van der Waals surface area contributed by atoms with Crippen LogP contribution in [0.1, 0.15) is 0 Å². The predicted molar refractivity (Wildman–Crippen MR) is 65.0 cm³/mol. The summed E-state index contributed by atoms with van der Waals surface area (Å²) in [6.07, 6.45) is 1.16. The summed E-state index contributed by atoms with van der Waals surface area (Å²) < 4.78 is 23.2. The third kappa shape index (κ3) is 2.42. The van der Waals surface area contributed by atoms with E-state index in [0.717, 1.165) is 6.26 Å². The molecule has 2 aromatic rings. The number of nitrogen functional groups attached to an aromatic ring is 1. The fourth-order valence-corrected chi connectivity index (χ4v) is 2.39. The van der Waals surface area contributed by atoms with E-state index < -0.39 is 9.84 Å². The second kappa shape index (κ2) is 4.14. The monoisotopic (exact) mass is 249 g/mol. The van der Waals surface area contributed by atoms with Gasteiger partial charge < -0.3 is 5.73 Å². The summed E-state index contributed by atoms with van der Waals surface area (Å²) in [6.45, 7) is 0. The number of nitrogens with two attached hydrogens (primary N) is 1. The van der Waals surface area contributed by atoms with Crippen LogP contribution in [0.2, 0.25) is 0 Å². The first-order valence-corrected chi connectivity index (χ1v) is 6.76. The average Bonchev–Trinajstić information content (AvgIpc) is 2.29. The largest absolute Gasteiger partial charge is 0.382 e. The lowest BCUT2D eigenvalue weighted by Gasteiger charge is -2.06. The van der Waals surface area contributed by atoms with Crippen LogP contribution in [0, 0.1) is 0 Å². The van der Waals surface area contributed by atoms with Crippen molar-refractivity contribution in [3.8, 4) is 11.3 Å². The molecular formula is C11H11N3O2S. The Kier molecular flexibility index (Phi) is 2.81. The maximum absolute atomic E-state index is 11.6. The third-order valence-corrected chi connectivity index (χ3v) is 3.40. The highest BCUT2D eigenvalue weighted by molar-refractivity contribution is 7.90. The Morgan fingerprint density at radius 3 is 2.35 bits per heavy atom. The Labute approximate surface area is 99.2 Å². The van der Waals surface area contributed by atoms with Crippen molar-refractivity contribution in [2.24, 2.45) is 0 Å². The number of hydrogen-bond acceptors (Lipinski definition) is 5. The van der Waals surface area contributed by atoms with Gasteiger partial charge >= 0.3 is 0 Å². The molecule has 6 heteroatoms. The SMILES string of the molecule is CS(=O)(=O)c1ccccc1-c1ccc(N)nn1. The Bertz CT molecular complexity index is 636. The van der Waals surface area contributed by atoms with Crippen molar-refractivity contribution >= 4 is 15.7 Å². The molecule has 0 aliphatic carbocycles. The molecule has 1 aromatic heterocycles. The van der Waals surface area contributed by atoms with Crippen molar-refractivity contribution in [1.82, 2.24) is 10.2 Å². The van der Waals surface area contributed by atoms with Gasteiger partial charge in [0.15, 0.2) is 9.84 Å². The Morgan fingerprint density at radius 1 is 1.06 bits per heavy atom. The third-order valence-electron chi connectivity index (χ3n) is 2.25. The van der Waals surface area contributed by atoms with Crippen molar-refractivity contribution < 1.29 is 8.42 Å². The number of benzene rings is 1. The number of sulfone groups is 1. The fraction of sp³-hybridized carbons (Fsp3) is 0.0909. The highest BCUT2D eigenvalue weighted by atomic mass is 32.2. The number of hydrogen-bond donors (Lipinski definition) is 1. The summed E-state index contributed by atoms with van der Waals surface area (Å²) in [5.74, 6) is 0.297. The summed E-state index contributed by atoms with van der Waals surface area (Å²) in [4.78, 5) is 0.235. The highest BCUT2D eigenvalue weighted by Gasteiger charge is 2.14. The molecule has 5 nitrogen and oxygen atoms in total. The molecule has 0 unspecified atom stereocenters. The van der Waals surface area contributed by atoms with Gasteiger partial charge in [0.25, 0.3) is 0 Å². The molecule has 0 fully saturated rings. The molecule has 2 rings (SSSR count). The number of anilines is 1. The van der Waals surface area contributed by atoms with Crippen molar-refractivity contribution in [2.75, 3.05) is 12.0 Å². The normalized spacial score (nSPS) is 11.4. The molecule has 0 spiro atoms. The Hall–Kier alpha value is -1.95. The first-order valence-electron chi connectivity index (χ1n) is 4.87. The number of nitrogens with zero attached hydrogens (tertiary/aromatic N) is 2. The first kappa shape index (κ1) is 11.5. The van der Waals surface area contributed by atoms with Gasteiger partial charge in [-0.3, -0.25) is 0 Å². The van der Waals surface area contributed by atoms with Crippen LogP contribution in [-0.2, 0) is 9.84 Å². The quantitative estimate of drug-likeness (QED) is 0.862. The highest BCUT2D eigenvalue weighted by Crippen LogP contribution is 2.25. The van der Waals surface area contributed by atoms with Gasteiger partial charge in [-0.15, -0.1) is 10.2 Å². The molecule has 0 amide bonds. The van der Waals surface area contributed by atoms with Crippen molar-refractivity contribution in [1.29, 1.82) is 0 Å². The van der Waals surface area contributed by atoms with E-state index in [1.54, 1.807) is 36.4 Å². The van der Waals surface area contributed by atoms with Gasteiger partial charge in [-0.25, -0.2) is 8.42 Å². The second-order valence-corrected chi connectivity index (χ2v) is 5.60. The zero-order valence-electron chi connectivity index (χ0n) is 9.16. The van der Waals surface area contributed by atoms with Gasteiger partial charge in [0.2, 0.25) is 0 Å². The molecular weight excluding hydrogens is 238 g/mol. The molecule has 0 radical (unpaired) electrons. The summed E-state index contributed by atoms with van der Waals surface area (Å²) >= 11 is 0. The molecule has 0 saturated carbocycles. The maximum atomic E-state index is 11.6. The van der Waals surface area contributed by atoms with Gasteiger partial charge in [0.05, 0.1) is 10.6 Å². The summed E-state index contributed by atoms with van der Waals surface area (Å²) in [5, 5.41) is 7.59. The van der Waals surface area contributed by atoms with Crippen LogP contribution < -0.4 is 5.73 Å². The molecule has 88 valence electrons. The van der Waals surface area contributed by atoms with Crippen LogP contribution in [0.5, 0.6) is 0 Å². The summed E-state index contributed by atoms with van der Waals surface area (Å²) in [7, 11) is -3.29. The van der Waals surface area contributed by atoms with E-state index in [4.69, 9.17) is 5.73 Å². The number of aromatic nitrogens is 2. The molecule has 0 aliphatic rings. The standard InChI is InChI=1S/C11H11N3O2S/c1-17(15,16)10-5-3-2-4-8(10)9-6-7-11(12)14-13-9/h2-7H,1H3,(H2,12,14). The first-order chi connectivity index (χ1) is 7.98. The second-order valence-electron chi connectivity index (χ2n) is 3.61. The lowest BCUT2D eigenvalue weighted by atomic mass is 10.1. The van der Waals surface area contributed by atoms with Crippen molar-refractivity contribution in [3.05, 3.63) is 36.4 Å². The molecule has 1 heterocycles. The summed E-state index contributed by atoms with van der Waals surface area (Å²) in [6, 6.07) is 9.89. The van der Waals surface area contributed by atoms with E-state index in [0.29, 0.717) is 17.1 Å². The lowest BCUT2D eigenvalue weighted by Crippen LogP contribution is -2.01. The van der Waals surface area contributed by atoms with Gasteiger partial charge in [0.1, 0.15) is 5.82 Å². The lowest BCUT2D eigenvalue weighted by molar-refractivity contribution is 0.602. The smallest absolute Gasteiger partial charge is 0.176 e. The average molecular weight is 249 g/mol. The van der Waals surface area contributed by atoms with Gasteiger partial charge in [0, 0.05) is 11.8 Å². The molecule has 0 atom stereocenters. The van der Waals surface area contributed by atoms with Crippen LogP contribution >= 0.6 is 0 Å². The molecule has 0 aliphatic heterocycles. The predicted octanol–water partition coefficient (Wildman–Crippen LogP) is 1.13. The minimum atomic E-state index is -3.29. The van der Waals surface area contributed by atoms with Gasteiger partial charge in [-0.2, -0.15) is 0 Å². The Balaban J connectivity index is 2.64. The topological polar surface area (TPSA) is 85.9 Å². The zero-order chi connectivity index (χ0) is 12.5. The molecule has 0 bridgehead atoms. The van der Waals surface area contributed by atoms with Crippen LogP contribution in [-0.4, -0.2) is 24.9 Å². The van der Waals surface area contributed by atoms with Crippen LogP contribution in [0.25, 0.3) is 11.3 Å². The van der Waals surface area contributed by atoms with E-state index in [1.165, 1.54) is 0 Å². The number of rotatable bonds is 2.